The normalized spacial score (nSPS) is 15.7. The fourth-order valence-electron chi connectivity index (χ4n) is 2.93. The van der Waals surface area contributed by atoms with Gasteiger partial charge in [-0.05, 0) is 49.2 Å². The molecule has 2 aromatic rings. The Hall–Kier alpha value is -2.58. The van der Waals surface area contributed by atoms with E-state index in [0.29, 0.717) is 24.5 Å². The number of anilines is 1. The Morgan fingerprint density at radius 2 is 2.00 bits per heavy atom. The van der Waals surface area contributed by atoms with Crippen molar-refractivity contribution in [3.8, 4) is 5.75 Å². The van der Waals surface area contributed by atoms with Crippen LogP contribution in [0, 0.1) is 0 Å². The molecule has 8 heteroatoms. The van der Waals surface area contributed by atoms with Gasteiger partial charge in [0, 0.05) is 24.9 Å². The monoisotopic (exact) mass is 390 g/mol. The molecule has 0 bridgehead atoms. The number of amides is 1. The lowest BCUT2D eigenvalue weighted by Crippen LogP contribution is -2.35. The van der Waals surface area contributed by atoms with Crippen LogP contribution in [0.5, 0.6) is 5.75 Å². The minimum absolute atomic E-state index is 0.0553. The summed E-state index contributed by atoms with van der Waals surface area (Å²) in [4.78, 5) is 12.1. The molecule has 0 atom stereocenters. The lowest BCUT2D eigenvalue weighted by molar-refractivity contribution is -0.111. The minimum Gasteiger partial charge on any atom is -0.495 e. The first-order valence-corrected chi connectivity index (χ1v) is 10.2. The predicted octanol–water partition coefficient (Wildman–Crippen LogP) is 3.11. The van der Waals surface area contributed by atoms with Crippen LogP contribution in [0.3, 0.4) is 0 Å². The molecule has 0 spiro atoms. The molecule has 27 heavy (non-hydrogen) atoms. The molecular weight excluding hydrogens is 368 g/mol. The molecular formula is C19H22N2O5S. The molecule has 0 unspecified atom stereocenters. The summed E-state index contributed by atoms with van der Waals surface area (Å²) in [6.45, 7) is 0.988. The first-order chi connectivity index (χ1) is 13.0. The first kappa shape index (κ1) is 19.2. The van der Waals surface area contributed by atoms with Crippen molar-refractivity contribution in [3.05, 3.63) is 48.4 Å². The maximum atomic E-state index is 13.0. The number of hydrogen-bond donors (Lipinski definition) is 1. The van der Waals surface area contributed by atoms with Gasteiger partial charge in [-0.2, -0.15) is 4.31 Å². The molecule has 1 aromatic heterocycles. The molecule has 3 rings (SSSR count). The number of furan rings is 1. The van der Waals surface area contributed by atoms with Crippen molar-refractivity contribution in [1.29, 1.82) is 0 Å². The van der Waals surface area contributed by atoms with Gasteiger partial charge in [0.2, 0.25) is 15.9 Å². The molecule has 0 saturated carbocycles. The largest absolute Gasteiger partial charge is 0.495 e. The van der Waals surface area contributed by atoms with Crippen LogP contribution in [0.1, 0.15) is 25.0 Å². The van der Waals surface area contributed by atoms with Crippen LogP contribution in [-0.2, 0) is 14.8 Å². The average molecular weight is 390 g/mol. The Labute approximate surface area is 158 Å². The Kier molecular flexibility index (Phi) is 5.98. The minimum atomic E-state index is -3.69. The van der Waals surface area contributed by atoms with Crippen LogP contribution in [0.15, 0.2) is 52.0 Å². The molecule has 1 aromatic carbocycles. The van der Waals surface area contributed by atoms with E-state index in [2.05, 4.69) is 5.32 Å². The summed E-state index contributed by atoms with van der Waals surface area (Å²) in [5.74, 6) is 0.413. The van der Waals surface area contributed by atoms with Gasteiger partial charge in [0.1, 0.15) is 16.4 Å². The molecule has 144 valence electrons. The molecule has 2 heterocycles. The van der Waals surface area contributed by atoms with E-state index in [1.54, 1.807) is 24.3 Å². The number of hydrogen-bond acceptors (Lipinski definition) is 5. The number of piperidine rings is 1. The van der Waals surface area contributed by atoms with E-state index in [0.717, 1.165) is 19.3 Å². The number of benzene rings is 1. The summed E-state index contributed by atoms with van der Waals surface area (Å²) in [5.41, 5.74) is 0.375. The van der Waals surface area contributed by atoms with Crippen molar-refractivity contribution < 1.29 is 22.4 Å². The zero-order valence-corrected chi connectivity index (χ0v) is 15.9. The van der Waals surface area contributed by atoms with Crippen molar-refractivity contribution in [3.63, 3.8) is 0 Å². The fraction of sp³-hybridized carbons (Fsp3) is 0.316. The second-order valence-electron chi connectivity index (χ2n) is 6.17. The molecule has 1 amide bonds. The van der Waals surface area contributed by atoms with Crippen LogP contribution in [0.2, 0.25) is 0 Å². The highest BCUT2D eigenvalue weighted by Crippen LogP contribution is 2.31. The molecule has 1 aliphatic rings. The smallest absolute Gasteiger partial charge is 0.248 e. The van der Waals surface area contributed by atoms with Crippen LogP contribution >= 0.6 is 0 Å². The van der Waals surface area contributed by atoms with Crippen LogP contribution in [0.4, 0.5) is 5.69 Å². The van der Waals surface area contributed by atoms with Gasteiger partial charge in [-0.25, -0.2) is 8.42 Å². The number of carbonyl (C=O) groups is 1. The molecule has 7 nitrogen and oxygen atoms in total. The number of carbonyl (C=O) groups excluding carboxylic acids is 1. The van der Waals surface area contributed by atoms with Gasteiger partial charge in [-0.3, -0.25) is 4.79 Å². The number of nitrogens with zero attached hydrogens (tertiary/aromatic N) is 1. The Morgan fingerprint density at radius 3 is 2.67 bits per heavy atom. The Bertz CT molecular complexity index is 914. The van der Waals surface area contributed by atoms with Crippen molar-refractivity contribution in [2.75, 3.05) is 25.5 Å². The maximum Gasteiger partial charge on any atom is 0.248 e. The highest BCUT2D eigenvalue weighted by molar-refractivity contribution is 7.89. The topological polar surface area (TPSA) is 88.8 Å². The summed E-state index contributed by atoms with van der Waals surface area (Å²) in [7, 11) is -2.26. The summed E-state index contributed by atoms with van der Waals surface area (Å²) < 4.78 is 37.8. The van der Waals surface area contributed by atoms with Gasteiger partial charge in [-0.15, -0.1) is 0 Å². The number of nitrogens with one attached hydrogen (secondary N) is 1. The number of methoxy groups -OCH3 is 1. The van der Waals surface area contributed by atoms with Gasteiger partial charge >= 0.3 is 0 Å². The third-order valence-corrected chi connectivity index (χ3v) is 6.23. The summed E-state index contributed by atoms with van der Waals surface area (Å²) in [6.07, 6.45) is 7.08. The van der Waals surface area contributed by atoms with E-state index >= 15 is 0 Å². The van der Waals surface area contributed by atoms with Gasteiger partial charge in [0.25, 0.3) is 0 Å². The van der Waals surface area contributed by atoms with Crippen molar-refractivity contribution >= 4 is 27.7 Å². The number of rotatable bonds is 6. The van der Waals surface area contributed by atoms with Crippen molar-refractivity contribution in [2.45, 2.75) is 24.2 Å². The van der Waals surface area contributed by atoms with Gasteiger partial charge in [-0.1, -0.05) is 6.42 Å². The average Bonchev–Trinajstić information content (AvgIpc) is 3.21. The standard InChI is InChI=1S/C19H22N2O5S/c1-25-17-9-7-15(20-19(22)10-8-16-6-5-13-26-16)14-18(17)27(23,24)21-11-3-2-4-12-21/h5-10,13-14H,2-4,11-12H2,1H3,(H,20,22). The lowest BCUT2D eigenvalue weighted by atomic mass is 10.2. The zero-order valence-electron chi connectivity index (χ0n) is 15.1. The van der Waals surface area contributed by atoms with Gasteiger partial charge in [0.15, 0.2) is 0 Å². The second kappa shape index (κ2) is 8.41. The molecule has 1 saturated heterocycles. The predicted molar refractivity (Wildman–Crippen MR) is 102 cm³/mol. The molecule has 1 N–H and O–H groups in total. The quantitative estimate of drug-likeness (QED) is 0.766. The van der Waals surface area contributed by atoms with Crippen LogP contribution in [-0.4, -0.2) is 38.8 Å². The highest BCUT2D eigenvalue weighted by Gasteiger charge is 2.29. The Balaban J connectivity index is 1.81. The number of ether oxygens (including phenoxy) is 1. The summed E-state index contributed by atoms with van der Waals surface area (Å²) in [6, 6.07) is 8.02. The second-order valence-corrected chi connectivity index (χ2v) is 8.07. The maximum absolute atomic E-state index is 13.0. The molecule has 1 aliphatic heterocycles. The van der Waals surface area contributed by atoms with Gasteiger partial charge < -0.3 is 14.5 Å². The van der Waals surface area contributed by atoms with Crippen molar-refractivity contribution in [1.82, 2.24) is 4.31 Å². The Morgan fingerprint density at radius 1 is 1.22 bits per heavy atom. The van der Waals surface area contributed by atoms with E-state index in [-0.39, 0.29) is 10.6 Å². The molecule has 1 fully saturated rings. The van der Waals surface area contributed by atoms with E-state index in [4.69, 9.17) is 9.15 Å². The fourth-order valence-corrected chi connectivity index (χ4v) is 4.63. The zero-order chi connectivity index (χ0) is 19.3. The number of sulfonamides is 1. The summed E-state index contributed by atoms with van der Waals surface area (Å²) in [5, 5.41) is 2.67. The summed E-state index contributed by atoms with van der Waals surface area (Å²) >= 11 is 0. The third-order valence-electron chi connectivity index (χ3n) is 4.31. The molecule has 0 aliphatic carbocycles. The van der Waals surface area contributed by atoms with Gasteiger partial charge in [0.05, 0.1) is 13.4 Å². The van der Waals surface area contributed by atoms with E-state index in [1.165, 1.54) is 35.9 Å². The third kappa shape index (κ3) is 4.58. The lowest BCUT2D eigenvalue weighted by Gasteiger charge is -2.26. The van der Waals surface area contributed by atoms with E-state index in [1.807, 2.05) is 0 Å². The molecule has 0 radical (unpaired) electrons. The van der Waals surface area contributed by atoms with E-state index in [9.17, 15) is 13.2 Å². The SMILES string of the molecule is COc1ccc(NC(=O)C=Cc2ccco2)cc1S(=O)(=O)N1CCCCC1. The first-order valence-electron chi connectivity index (χ1n) is 8.71. The van der Waals surface area contributed by atoms with Crippen molar-refractivity contribution in [2.24, 2.45) is 0 Å². The van der Waals surface area contributed by atoms with Crippen LogP contribution in [0.25, 0.3) is 6.08 Å². The van der Waals surface area contributed by atoms with Crippen LogP contribution < -0.4 is 10.1 Å². The van der Waals surface area contributed by atoms with E-state index < -0.39 is 15.9 Å². The highest BCUT2D eigenvalue weighted by atomic mass is 32.2.